The predicted molar refractivity (Wildman–Crippen MR) is 101 cm³/mol. The molecule has 2 aromatic carbocycles. The Balaban J connectivity index is 1.45. The van der Waals surface area contributed by atoms with Crippen molar-refractivity contribution in [1.82, 2.24) is 4.90 Å². The van der Waals surface area contributed by atoms with Crippen LogP contribution in [0.25, 0.3) is 0 Å². The summed E-state index contributed by atoms with van der Waals surface area (Å²) in [5.74, 6) is 0.440. The Hall–Kier alpha value is -2.04. The van der Waals surface area contributed by atoms with Gasteiger partial charge in [0.1, 0.15) is 5.75 Å². The number of hydrogen-bond acceptors (Lipinski definition) is 3. The second-order valence-corrected chi connectivity index (χ2v) is 6.76. The minimum absolute atomic E-state index is 0.0306. The zero-order chi connectivity index (χ0) is 17.5. The summed E-state index contributed by atoms with van der Waals surface area (Å²) in [7, 11) is 0. The van der Waals surface area contributed by atoms with Crippen LogP contribution >= 0.6 is 11.6 Å². The summed E-state index contributed by atoms with van der Waals surface area (Å²) in [5.41, 5.74) is 2.06. The molecule has 0 aliphatic carbocycles. The number of ether oxygens (including phenoxy) is 1. The number of nitrogens with one attached hydrogen (secondary N) is 1. The van der Waals surface area contributed by atoms with E-state index < -0.39 is 0 Å². The minimum atomic E-state index is -0.182. The van der Waals surface area contributed by atoms with Crippen LogP contribution in [0.4, 0.5) is 5.69 Å². The minimum Gasteiger partial charge on any atom is -0.484 e. The van der Waals surface area contributed by atoms with Crippen LogP contribution < -0.4 is 10.1 Å². The van der Waals surface area contributed by atoms with Crippen molar-refractivity contribution in [3.05, 3.63) is 59.1 Å². The SMILES string of the molecule is O=C(COc1ccc(Cl)cc1)Nc1ccc(CN2CCCCC2)cc1. The van der Waals surface area contributed by atoms with Crippen molar-refractivity contribution in [1.29, 1.82) is 0 Å². The Kier molecular flexibility index (Phi) is 6.31. The normalized spacial score (nSPS) is 14.9. The van der Waals surface area contributed by atoms with Crippen molar-refractivity contribution >= 4 is 23.2 Å². The van der Waals surface area contributed by atoms with Gasteiger partial charge in [0.05, 0.1) is 0 Å². The van der Waals surface area contributed by atoms with Crippen LogP contribution in [0.15, 0.2) is 48.5 Å². The highest BCUT2D eigenvalue weighted by Crippen LogP contribution is 2.17. The third-order valence-electron chi connectivity index (χ3n) is 4.28. The lowest BCUT2D eigenvalue weighted by Gasteiger charge is -2.26. The fraction of sp³-hybridized carbons (Fsp3) is 0.350. The number of nitrogens with zero attached hydrogens (tertiary/aromatic N) is 1. The van der Waals surface area contributed by atoms with Gasteiger partial charge in [0.2, 0.25) is 0 Å². The highest BCUT2D eigenvalue weighted by molar-refractivity contribution is 6.30. The van der Waals surface area contributed by atoms with Crippen LogP contribution in [-0.2, 0) is 11.3 Å². The van der Waals surface area contributed by atoms with E-state index in [-0.39, 0.29) is 12.5 Å². The molecule has 132 valence electrons. The Morgan fingerprint density at radius 3 is 2.36 bits per heavy atom. The van der Waals surface area contributed by atoms with Gasteiger partial charge in [-0.25, -0.2) is 0 Å². The topological polar surface area (TPSA) is 41.6 Å². The fourth-order valence-electron chi connectivity index (χ4n) is 2.95. The number of rotatable bonds is 6. The highest BCUT2D eigenvalue weighted by Gasteiger charge is 2.10. The molecule has 0 radical (unpaired) electrons. The van der Waals surface area contributed by atoms with Crippen LogP contribution in [0.2, 0.25) is 5.02 Å². The zero-order valence-corrected chi connectivity index (χ0v) is 15.0. The van der Waals surface area contributed by atoms with Crippen molar-refractivity contribution in [3.8, 4) is 5.75 Å². The van der Waals surface area contributed by atoms with Gasteiger partial charge in [-0.15, -0.1) is 0 Å². The van der Waals surface area contributed by atoms with E-state index in [1.165, 1.54) is 37.9 Å². The first kappa shape index (κ1) is 17.8. The van der Waals surface area contributed by atoms with E-state index in [2.05, 4.69) is 22.3 Å². The fourth-order valence-corrected chi connectivity index (χ4v) is 3.07. The molecule has 1 amide bonds. The van der Waals surface area contributed by atoms with Gasteiger partial charge >= 0.3 is 0 Å². The van der Waals surface area contributed by atoms with Gasteiger partial charge in [0.25, 0.3) is 5.91 Å². The first-order chi connectivity index (χ1) is 12.2. The average Bonchev–Trinajstić information content (AvgIpc) is 2.64. The standard InChI is InChI=1S/C20H23ClN2O2/c21-17-6-10-19(11-7-17)25-15-20(24)22-18-8-4-16(5-9-18)14-23-12-2-1-3-13-23/h4-11H,1-3,12-15H2,(H,22,24). The Morgan fingerprint density at radius 1 is 1.00 bits per heavy atom. The Bertz CT molecular complexity index is 680. The molecular formula is C20H23ClN2O2. The first-order valence-corrected chi connectivity index (χ1v) is 9.06. The van der Waals surface area contributed by atoms with Crippen molar-refractivity contribution < 1.29 is 9.53 Å². The molecule has 1 fully saturated rings. The molecule has 0 unspecified atom stereocenters. The lowest BCUT2D eigenvalue weighted by atomic mass is 10.1. The maximum Gasteiger partial charge on any atom is 0.262 e. The number of likely N-dealkylation sites (tertiary alicyclic amines) is 1. The quantitative estimate of drug-likeness (QED) is 0.835. The summed E-state index contributed by atoms with van der Waals surface area (Å²) in [5, 5.41) is 3.49. The van der Waals surface area contributed by atoms with Crippen LogP contribution in [0, 0.1) is 0 Å². The van der Waals surface area contributed by atoms with E-state index >= 15 is 0 Å². The molecule has 3 rings (SSSR count). The van der Waals surface area contributed by atoms with Gasteiger partial charge in [-0.05, 0) is 67.9 Å². The van der Waals surface area contributed by atoms with Gasteiger partial charge in [0.15, 0.2) is 6.61 Å². The molecule has 1 saturated heterocycles. The summed E-state index contributed by atoms with van der Waals surface area (Å²) >= 11 is 5.82. The summed E-state index contributed by atoms with van der Waals surface area (Å²) in [6, 6.07) is 15.0. The predicted octanol–water partition coefficient (Wildman–Crippen LogP) is 4.34. The molecule has 1 heterocycles. The van der Waals surface area contributed by atoms with E-state index in [1.54, 1.807) is 24.3 Å². The van der Waals surface area contributed by atoms with Gasteiger partial charge in [-0.3, -0.25) is 9.69 Å². The number of carbonyl (C=O) groups is 1. The van der Waals surface area contributed by atoms with Crippen LogP contribution in [-0.4, -0.2) is 30.5 Å². The zero-order valence-electron chi connectivity index (χ0n) is 14.2. The van der Waals surface area contributed by atoms with E-state index in [1.807, 2.05) is 12.1 Å². The number of amides is 1. The number of halogens is 1. The van der Waals surface area contributed by atoms with E-state index in [9.17, 15) is 4.79 Å². The number of hydrogen-bond donors (Lipinski definition) is 1. The van der Waals surface area contributed by atoms with Crippen molar-refractivity contribution in [3.63, 3.8) is 0 Å². The molecule has 0 aromatic heterocycles. The van der Waals surface area contributed by atoms with Crippen LogP contribution in [0.3, 0.4) is 0 Å². The third kappa shape index (κ3) is 5.76. The maximum atomic E-state index is 12.0. The molecular weight excluding hydrogens is 336 g/mol. The highest BCUT2D eigenvalue weighted by atomic mass is 35.5. The summed E-state index contributed by atoms with van der Waals surface area (Å²) in [4.78, 5) is 14.5. The average molecular weight is 359 g/mol. The summed E-state index contributed by atoms with van der Waals surface area (Å²) in [6.07, 6.45) is 3.93. The lowest BCUT2D eigenvalue weighted by molar-refractivity contribution is -0.118. The lowest BCUT2D eigenvalue weighted by Crippen LogP contribution is -2.29. The van der Waals surface area contributed by atoms with Crippen molar-refractivity contribution in [2.24, 2.45) is 0 Å². The van der Waals surface area contributed by atoms with Gasteiger partial charge in [-0.1, -0.05) is 30.2 Å². The van der Waals surface area contributed by atoms with Crippen molar-refractivity contribution in [2.75, 3.05) is 25.0 Å². The number of carbonyl (C=O) groups excluding carboxylic acids is 1. The van der Waals surface area contributed by atoms with Gasteiger partial charge in [-0.2, -0.15) is 0 Å². The Labute approximate surface area is 153 Å². The second kappa shape index (κ2) is 8.88. The van der Waals surface area contributed by atoms with E-state index in [4.69, 9.17) is 16.3 Å². The molecule has 25 heavy (non-hydrogen) atoms. The van der Waals surface area contributed by atoms with Crippen molar-refractivity contribution in [2.45, 2.75) is 25.8 Å². The Morgan fingerprint density at radius 2 is 1.68 bits per heavy atom. The summed E-state index contributed by atoms with van der Waals surface area (Å²) < 4.78 is 5.44. The molecule has 1 N–H and O–H groups in total. The van der Waals surface area contributed by atoms with Crippen LogP contribution in [0.5, 0.6) is 5.75 Å². The molecule has 0 atom stereocenters. The van der Waals surface area contributed by atoms with E-state index in [0.717, 1.165) is 12.2 Å². The summed E-state index contributed by atoms with van der Waals surface area (Å²) in [6.45, 7) is 3.31. The smallest absolute Gasteiger partial charge is 0.262 e. The molecule has 2 aromatic rings. The monoisotopic (exact) mass is 358 g/mol. The number of benzene rings is 2. The van der Waals surface area contributed by atoms with Gasteiger partial charge in [0, 0.05) is 17.3 Å². The third-order valence-corrected chi connectivity index (χ3v) is 4.53. The molecule has 0 spiro atoms. The molecule has 1 aliphatic rings. The molecule has 0 bridgehead atoms. The molecule has 5 heteroatoms. The molecule has 0 saturated carbocycles. The maximum absolute atomic E-state index is 12.0. The first-order valence-electron chi connectivity index (χ1n) is 8.68. The number of anilines is 1. The van der Waals surface area contributed by atoms with Gasteiger partial charge < -0.3 is 10.1 Å². The van der Waals surface area contributed by atoms with Crippen LogP contribution in [0.1, 0.15) is 24.8 Å². The largest absolute Gasteiger partial charge is 0.484 e. The van der Waals surface area contributed by atoms with E-state index in [0.29, 0.717) is 10.8 Å². The molecule has 1 aliphatic heterocycles. The second-order valence-electron chi connectivity index (χ2n) is 6.32. The number of piperidine rings is 1. The molecule has 4 nitrogen and oxygen atoms in total.